The molecule has 4 heteroatoms. The SMILES string of the molecule is CCc1nc2ccc(C(=O)C3CCCNC3)cc2[nH]1. The molecule has 0 bridgehead atoms. The lowest BCUT2D eigenvalue weighted by atomic mass is 9.91. The standard InChI is InChI=1S/C15H19N3O/c1-2-14-17-12-6-5-10(8-13(12)18-14)15(19)11-4-3-7-16-9-11/h5-6,8,11,16H,2-4,7,9H2,1H3,(H,17,18). The van der Waals surface area contributed by atoms with Gasteiger partial charge in [-0.15, -0.1) is 0 Å². The Morgan fingerprint density at radius 3 is 3.11 bits per heavy atom. The molecular weight excluding hydrogens is 238 g/mol. The molecule has 1 aliphatic heterocycles. The van der Waals surface area contributed by atoms with E-state index in [0.717, 1.165) is 54.8 Å². The number of imidazole rings is 1. The number of ketones is 1. The van der Waals surface area contributed by atoms with Crippen molar-refractivity contribution in [3.05, 3.63) is 29.6 Å². The van der Waals surface area contributed by atoms with Crippen molar-refractivity contribution in [3.8, 4) is 0 Å². The molecule has 1 unspecified atom stereocenters. The Balaban J connectivity index is 1.89. The van der Waals surface area contributed by atoms with Gasteiger partial charge in [-0.3, -0.25) is 4.79 Å². The van der Waals surface area contributed by atoms with Gasteiger partial charge in [-0.05, 0) is 37.6 Å². The number of Topliss-reactive ketones (excluding diaryl/α,β-unsaturated/α-hetero) is 1. The predicted octanol–water partition coefficient (Wildman–Crippen LogP) is 2.31. The fourth-order valence-corrected chi connectivity index (χ4v) is 2.69. The maximum absolute atomic E-state index is 12.4. The number of aryl methyl sites for hydroxylation is 1. The molecule has 1 aromatic heterocycles. The molecule has 100 valence electrons. The van der Waals surface area contributed by atoms with Crippen LogP contribution < -0.4 is 5.32 Å². The van der Waals surface area contributed by atoms with E-state index in [9.17, 15) is 4.79 Å². The topological polar surface area (TPSA) is 57.8 Å². The van der Waals surface area contributed by atoms with Gasteiger partial charge in [0.15, 0.2) is 5.78 Å². The zero-order chi connectivity index (χ0) is 13.2. The second-order valence-electron chi connectivity index (χ2n) is 5.18. The molecule has 3 rings (SSSR count). The number of carbonyl (C=O) groups is 1. The van der Waals surface area contributed by atoms with Gasteiger partial charge in [0, 0.05) is 24.4 Å². The van der Waals surface area contributed by atoms with E-state index in [0.29, 0.717) is 0 Å². The molecule has 0 radical (unpaired) electrons. The number of benzene rings is 1. The molecule has 2 N–H and O–H groups in total. The molecule has 0 amide bonds. The fraction of sp³-hybridized carbons (Fsp3) is 0.467. The van der Waals surface area contributed by atoms with Crippen LogP contribution in [0.25, 0.3) is 11.0 Å². The Hall–Kier alpha value is -1.68. The third-order valence-corrected chi connectivity index (χ3v) is 3.82. The number of rotatable bonds is 3. The quantitative estimate of drug-likeness (QED) is 0.830. The number of H-pyrrole nitrogens is 1. The summed E-state index contributed by atoms with van der Waals surface area (Å²) >= 11 is 0. The van der Waals surface area contributed by atoms with E-state index in [2.05, 4.69) is 22.2 Å². The Kier molecular flexibility index (Phi) is 3.34. The first-order chi connectivity index (χ1) is 9.28. The van der Waals surface area contributed by atoms with Crippen molar-refractivity contribution in [2.75, 3.05) is 13.1 Å². The molecule has 0 saturated carbocycles. The molecule has 1 aliphatic rings. The van der Waals surface area contributed by atoms with Gasteiger partial charge >= 0.3 is 0 Å². The molecule has 1 saturated heterocycles. The van der Waals surface area contributed by atoms with Crippen LogP contribution in [0.3, 0.4) is 0 Å². The smallest absolute Gasteiger partial charge is 0.167 e. The molecule has 0 aliphatic carbocycles. The third kappa shape index (κ3) is 2.40. The maximum Gasteiger partial charge on any atom is 0.167 e. The monoisotopic (exact) mass is 257 g/mol. The molecule has 4 nitrogen and oxygen atoms in total. The zero-order valence-electron chi connectivity index (χ0n) is 11.2. The summed E-state index contributed by atoms with van der Waals surface area (Å²) in [5.74, 6) is 1.35. The summed E-state index contributed by atoms with van der Waals surface area (Å²) < 4.78 is 0. The number of nitrogens with zero attached hydrogens (tertiary/aromatic N) is 1. The van der Waals surface area contributed by atoms with Crippen molar-refractivity contribution < 1.29 is 4.79 Å². The highest BCUT2D eigenvalue weighted by atomic mass is 16.1. The summed E-state index contributed by atoms with van der Waals surface area (Å²) in [6, 6.07) is 5.78. The van der Waals surface area contributed by atoms with Crippen LogP contribution in [-0.4, -0.2) is 28.8 Å². The Morgan fingerprint density at radius 2 is 2.37 bits per heavy atom. The van der Waals surface area contributed by atoms with Crippen LogP contribution in [0.4, 0.5) is 0 Å². The molecule has 1 fully saturated rings. The molecule has 19 heavy (non-hydrogen) atoms. The molecule has 1 aromatic carbocycles. The van der Waals surface area contributed by atoms with Gasteiger partial charge in [0.2, 0.25) is 0 Å². The van der Waals surface area contributed by atoms with Gasteiger partial charge < -0.3 is 10.3 Å². The van der Waals surface area contributed by atoms with Crippen LogP contribution in [0.5, 0.6) is 0 Å². The van der Waals surface area contributed by atoms with Crippen molar-refractivity contribution in [1.29, 1.82) is 0 Å². The summed E-state index contributed by atoms with van der Waals surface area (Å²) in [7, 11) is 0. The van der Waals surface area contributed by atoms with E-state index in [4.69, 9.17) is 0 Å². The summed E-state index contributed by atoms with van der Waals surface area (Å²) in [5, 5.41) is 3.29. The first-order valence-electron chi connectivity index (χ1n) is 7.01. The van der Waals surface area contributed by atoms with E-state index in [-0.39, 0.29) is 11.7 Å². The number of hydrogen-bond acceptors (Lipinski definition) is 3. The van der Waals surface area contributed by atoms with Crippen molar-refractivity contribution in [3.63, 3.8) is 0 Å². The maximum atomic E-state index is 12.4. The molecule has 1 atom stereocenters. The van der Waals surface area contributed by atoms with Crippen molar-refractivity contribution in [1.82, 2.24) is 15.3 Å². The minimum Gasteiger partial charge on any atom is -0.342 e. The average molecular weight is 257 g/mol. The predicted molar refractivity (Wildman–Crippen MR) is 75.4 cm³/mol. The minimum atomic E-state index is 0.125. The zero-order valence-corrected chi connectivity index (χ0v) is 11.2. The van der Waals surface area contributed by atoms with Gasteiger partial charge in [0.1, 0.15) is 5.82 Å². The molecule has 0 spiro atoms. The number of fused-ring (bicyclic) bond motifs is 1. The summed E-state index contributed by atoms with van der Waals surface area (Å²) in [6.07, 6.45) is 2.96. The number of aromatic nitrogens is 2. The van der Waals surface area contributed by atoms with Crippen LogP contribution in [0.2, 0.25) is 0 Å². The van der Waals surface area contributed by atoms with Crippen molar-refractivity contribution >= 4 is 16.8 Å². The van der Waals surface area contributed by atoms with Crippen LogP contribution in [-0.2, 0) is 6.42 Å². The number of aromatic amines is 1. The van der Waals surface area contributed by atoms with Crippen LogP contribution in [0.1, 0.15) is 35.9 Å². The van der Waals surface area contributed by atoms with Crippen molar-refractivity contribution in [2.24, 2.45) is 5.92 Å². The van der Waals surface area contributed by atoms with Gasteiger partial charge in [-0.25, -0.2) is 4.98 Å². The Labute approximate surface area is 112 Å². The lowest BCUT2D eigenvalue weighted by Crippen LogP contribution is -2.34. The number of carbonyl (C=O) groups excluding carboxylic acids is 1. The van der Waals surface area contributed by atoms with Crippen LogP contribution >= 0.6 is 0 Å². The number of hydrogen-bond donors (Lipinski definition) is 2. The first kappa shape index (κ1) is 12.4. The average Bonchev–Trinajstić information content (AvgIpc) is 2.89. The lowest BCUT2D eigenvalue weighted by molar-refractivity contribution is 0.0900. The van der Waals surface area contributed by atoms with E-state index in [1.807, 2.05) is 18.2 Å². The first-order valence-corrected chi connectivity index (χ1v) is 7.01. The van der Waals surface area contributed by atoms with E-state index < -0.39 is 0 Å². The highest BCUT2D eigenvalue weighted by molar-refractivity contribution is 6.00. The Bertz CT molecular complexity index is 596. The summed E-state index contributed by atoms with van der Waals surface area (Å²) in [4.78, 5) is 20.2. The van der Waals surface area contributed by atoms with E-state index in [1.165, 1.54) is 0 Å². The van der Waals surface area contributed by atoms with Crippen molar-refractivity contribution in [2.45, 2.75) is 26.2 Å². The highest BCUT2D eigenvalue weighted by Gasteiger charge is 2.22. The van der Waals surface area contributed by atoms with Gasteiger partial charge in [-0.2, -0.15) is 0 Å². The molecule has 2 heterocycles. The van der Waals surface area contributed by atoms with E-state index in [1.54, 1.807) is 0 Å². The highest BCUT2D eigenvalue weighted by Crippen LogP contribution is 2.20. The fourth-order valence-electron chi connectivity index (χ4n) is 2.69. The van der Waals surface area contributed by atoms with Gasteiger partial charge in [-0.1, -0.05) is 6.92 Å². The normalized spacial score (nSPS) is 19.7. The summed E-state index contributed by atoms with van der Waals surface area (Å²) in [5.41, 5.74) is 2.70. The largest absolute Gasteiger partial charge is 0.342 e. The van der Waals surface area contributed by atoms with Crippen LogP contribution in [0.15, 0.2) is 18.2 Å². The van der Waals surface area contributed by atoms with Gasteiger partial charge in [0.25, 0.3) is 0 Å². The lowest BCUT2D eigenvalue weighted by Gasteiger charge is -2.21. The number of piperidine rings is 1. The number of nitrogens with one attached hydrogen (secondary N) is 2. The third-order valence-electron chi connectivity index (χ3n) is 3.82. The second-order valence-corrected chi connectivity index (χ2v) is 5.18. The van der Waals surface area contributed by atoms with Gasteiger partial charge in [0.05, 0.1) is 11.0 Å². The summed E-state index contributed by atoms with van der Waals surface area (Å²) in [6.45, 7) is 3.90. The minimum absolute atomic E-state index is 0.125. The van der Waals surface area contributed by atoms with E-state index >= 15 is 0 Å². The molecule has 2 aromatic rings. The van der Waals surface area contributed by atoms with Crippen LogP contribution in [0, 0.1) is 5.92 Å². The second kappa shape index (κ2) is 5.13. The molecular formula is C15H19N3O. The Morgan fingerprint density at radius 1 is 1.47 bits per heavy atom.